The Morgan fingerprint density at radius 2 is 1.95 bits per heavy atom. The minimum Gasteiger partial charge on any atom is -0.444 e. The van der Waals surface area contributed by atoms with Crippen molar-refractivity contribution in [2.45, 2.75) is 44.9 Å². The molecule has 8 heteroatoms. The highest BCUT2D eigenvalue weighted by atomic mass is 32.2. The quantitative estimate of drug-likeness (QED) is 0.720. The summed E-state index contributed by atoms with van der Waals surface area (Å²) in [4.78, 5) is 13.6. The van der Waals surface area contributed by atoms with Gasteiger partial charge in [-0.25, -0.2) is 4.79 Å². The van der Waals surface area contributed by atoms with Gasteiger partial charge in [-0.2, -0.15) is 8.42 Å². The van der Waals surface area contributed by atoms with E-state index in [0.29, 0.717) is 13.0 Å². The molecule has 1 rings (SSSR count). The third kappa shape index (κ3) is 5.64. The number of amides is 1. The monoisotopic (exact) mass is 309 g/mol. The molecule has 0 bridgehead atoms. The van der Waals surface area contributed by atoms with Crippen LogP contribution in [0.1, 0.15) is 27.2 Å². The zero-order valence-electron chi connectivity index (χ0n) is 12.6. The molecule has 0 aromatic carbocycles. The van der Waals surface area contributed by atoms with Crippen molar-refractivity contribution in [3.05, 3.63) is 0 Å². The van der Waals surface area contributed by atoms with Crippen LogP contribution < -0.4 is 0 Å². The smallest absolute Gasteiger partial charge is 0.410 e. The molecule has 0 saturated carbocycles. The molecule has 20 heavy (non-hydrogen) atoms. The van der Waals surface area contributed by atoms with Gasteiger partial charge in [-0.05, 0) is 27.2 Å². The van der Waals surface area contributed by atoms with Crippen molar-refractivity contribution in [1.82, 2.24) is 4.90 Å². The largest absolute Gasteiger partial charge is 0.444 e. The van der Waals surface area contributed by atoms with E-state index in [1.807, 2.05) is 0 Å². The molecular weight excluding hydrogens is 286 g/mol. The second kappa shape index (κ2) is 6.28. The highest BCUT2D eigenvalue weighted by molar-refractivity contribution is 7.85. The van der Waals surface area contributed by atoms with Crippen LogP contribution in [-0.2, 0) is 23.8 Å². The van der Waals surface area contributed by atoms with E-state index < -0.39 is 21.8 Å². The van der Waals surface area contributed by atoms with Gasteiger partial charge in [-0.15, -0.1) is 0 Å². The van der Waals surface area contributed by atoms with Crippen molar-refractivity contribution in [2.75, 3.05) is 26.5 Å². The second-order valence-corrected chi connectivity index (χ2v) is 7.51. The number of carbonyl (C=O) groups is 1. The Bertz CT molecular complexity index is 441. The minimum absolute atomic E-state index is 0.0854. The molecule has 1 fully saturated rings. The summed E-state index contributed by atoms with van der Waals surface area (Å²) in [5.41, 5.74) is -0.607. The van der Waals surface area contributed by atoms with E-state index in [2.05, 4.69) is 0 Å². The van der Waals surface area contributed by atoms with Crippen LogP contribution in [0.15, 0.2) is 0 Å². The summed E-state index contributed by atoms with van der Waals surface area (Å²) < 4.78 is 37.4. The zero-order valence-corrected chi connectivity index (χ0v) is 13.4. The third-order valence-electron chi connectivity index (χ3n) is 2.81. The van der Waals surface area contributed by atoms with Crippen molar-refractivity contribution in [2.24, 2.45) is 0 Å². The highest BCUT2D eigenvalue weighted by Crippen LogP contribution is 2.23. The highest BCUT2D eigenvalue weighted by Gasteiger charge is 2.38. The lowest BCUT2D eigenvalue weighted by Crippen LogP contribution is -2.42. The lowest BCUT2D eigenvalue weighted by atomic mass is 10.2. The Balaban J connectivity index is 2.71. The fourth-order valence-corrected chi connectivity index (χ4v) is 2.35. The van der Waals surface area contributed by atoms with E-state index in [-0.39, 0.29) is 18.8 Å². The molecule has 2 atom stereocenters. The standard InChI is InChI=1S/C12H23NO6S/c1-12(2,3)19-11(14)13-7-10(17-4)6-9(13)8-18-20(5,15)16/h9-10H,6-8H2,1-5H3/t9-,10-/m1/s1. The molecule has 118 valence electrons. The van der Waals surface area contributed by atoms with Crippen LogP contribution in [0.2, 0.25) is 0 Å². The van der Waals surface area contributed by atoms with E-state index in [9.17, 15) is 13.2 Å². The summed E-state index contributed by atoms with van der Waals surface area (Å²) in [6.07, 6.45) is 0.869. The molecular formula is C12H23NO6S. The number of methoxy groups -OCH3 is 1. The number of nitrogens with zero attached hydrogens (tertiary/aromatic N) is 1. The lowest BCUT2D eigenvalue weighted by Gasteiger charge is -2.28. The summed E-state index contributed by atoms with van der Waals surface area (Å²) in [7, 11) is -1.99. The normalized spacial score (nSPS) is 23.9. The molecule has 0 unspecified atom stereocenters. The molecule has 1 amide bonds. The molecule has 0 aromatic heterocycles. The van der Waals surface area contributed by atoms with Crippen LogP contribution >= 0.6 is 0 Å². The average molecular weight is 309 g/mol. The molecule has 0 aliphatic carbocycles. The number of carbonyl (C=O) groups excluding carboxylic acids is 1. The van der Waals surface area contributed by atoms with Crippen molar-refractivity contribution in [3.8, 4) is 0 Å². The maximum absolute atomic E-state index is 12.1. The Hall–Kier alpha value is -0.860. The van der Waals surface area contributed by atoms with Gasteiger partial charge in [0.05, 0.1) is 31.6 Å². The van der Waals surface area contributed by atoms with E-state index in [1.54, 1.807) is 27.9 Å². The van der Waals surface area contributed by atoms with E-state index in [4.69, 9.17) is 13.7 Å². The molecule has 7 nitrogen and oxygen atoms in total. The minimum atomic E-state index is -3.54. The number of hydrogen-bond donors (Lipinski definition) is 0. The van der Waals surface area contributed by atoms with Crippen molar-refractivity contribution < 1.29 is 26.9 Å². The Labute approximate surface area is 120 Å². The van der Waals surface area contributed by atoms with E-state index >= 15 is 0 Å². The summed E-state index contributed by atoms with van der Waals surface area (Å²) in [5.74, 6) is 0. The summed E-state index contributed by atoms with van der Waals surface area (Å²) >= 11 is 0. The topological polar surface area (TPSA) is 82.1 Å². The molecule has 1 aliphatic heterocycles. The first-order valence-electron chi connectivity index (χ1n) is 6.38. The molecule has 1 aliphatic rings. The van der Waals surface area contributed by atoms with E-state index in [0.717, 1.165) is 6.26 Å². The predicted octanol–water partition coefficient (Wildman–Crippen LogP) is 0.987. The van der Waals surface area contributed by atoms with Crippen LogP contribution in [0, 0.1) is 0 Å². The SMILES string of the molecule is CO[C@@H]1C[C@H](COS(C)(=O)=O)N(C(=O)OC(C)(C)C)C1. The van der Waals surface area contributed by atoms with Crippen LogP contribution in [0.4, 0.5) is 4.79 Å². The third-order valence-corrected chi connectivity index (χ3v) is 3.38. The van der Waals surface area contributed by atoms with Gasteiger partial charge in [0.1, 0.15) is 5.60 Å². The Morgan fingerprint density at radius 3 is 2.40 bits per heavy atom. The van der Waals surface area contributed by atoms with Gasteiger partial charge in [-0.1, -0.05) is 0 Å². The lowest BCUT2D eigenvalue weighted by molar-refractivity contribution is 0.0165. The number of ether oxygens (including phenoxy) is 2. The first-order valence-corrected chi connectivity index (χ1v) is 8.20. The van der Waals surface area contributed by atoms with Gasteiger partial charge in [0.2, 0.25) is 0 Å². The number of likely N-dealkylation sites (tertiary alicyclic amines) is 1. The van der Waals surface area contributed by atoms with Gasteiger partial charge in [0, 0.05) is 7.11 Å². The Kier molecular flexibility index (Phi) is 5.39. The van der Waals surface area contributed by atoms with Gasteiger partial charge in [0.15, 0.2) is 0 Å². The maximum atomic E-state index is 12.1. The van der Waals surface area contributed by atoms with Crippen LogP contribution in [-0.4, -0.2) is 63.7 Å². The summed E-state index contributed by atoms with van der Waals surface area (Å²) in [6.45, 7) is 5.60. The molecule has 0 radical (unpaired) electrons. The van der Waals surface area contributed by atoms with Gasteiger partial charge < -0.3 is 14.4 Å². The van der Waals surface area contributed by atoms with E-state index in [1.165, 1.54) is 4.90 Å². The summed E-state index contributed by atoms with van der Waals surface area (Å²) in [6, 6.07) is -0.371. The maximum Gasteiger partial charge on any atom is 0.410 e. The van der Waals surface area contributed by atoms with Gasteiger partial charge in [0.25, 0.3) is 10.1 Å². The molecule has 1 saturated heterocycles. The van der Waals surface area contributed by atoms with Crippen molar-refractivity contribution in [1.29, 1.82) is 0 Å². The van der Waals surface area contributed by atoms with Gasteiger partial charge in [-0.3, -0.25) is 4.18 Å². The van der Waals surface area contributed by atoms with Crippen molar-refractivity contribution >= 4 is 16.2 Å². The number of hydrogen-bond acceptors (Lipinski definition) is 6. The van der Waals surface area contributed by atoms with Gasteiger partial charge >= 0.3 is 6.09 Å². The van der Waals surface area contributed by atoms with Crippen LogP contribution in [0.25, 0.3) is 0 Å². The zero-order chi connectivity index (χ0) is 15.6. The second-order valence-electron chi connectivity index (χ2n) is 5.87. The predicted molar refractivity (Wildman–Crippen MR) is 72.9 cm³/mol. The van der Waals surface area contributed by atoms with Crippen LogP contribution in [0.5, 0.6) is 0 Å². The molecule has 1 heterocycles. The fourth-order valence-electron chi connectivity index (χ4n) is 1.95. The molecule has 0 N–H and O–H groups in total. The van der Waals surface area contributed by atoms with Crippen LogP contribution in [0.3, 0.4) is 0 Å². The first-order chi connectivity index (χ1) is 9.02. The fraction of sp³-hybridized carbons (Fsp3) is 0.917. The first kappa shape index (κ1) is 17.2. The molecule has 0 spiro atoms. The average Bonchev–Trinajstić information content (AvgIpc) is 2.66. The Morgan fingerprint density at radius 1 is 1.35 bits per heavy atom. The molecule has 0 aromatic rings. The number of rotatable bonds is 4. The van der Waals surface area contributed by atoms with Crippen molar-refractivity contribution in [3.63, 3.8) is 0 Å². The summed E-state index contributed by atoms with van der Waals surface area (Å²) in [5, 5.41) is 0.